The average Bonchev–Trinajstić information content (AvgIpc) is 2.77. The molecule has 1 heterocycles. The second-order valence-electron chi connectivity index (χ2n) is 4.06. The zero-order valence-corrected chi connectivity index (χ0v) is 9.99. The van der Waals surface area contributed by atoms with Gasteiger partial charge < -0.3 is 9.88 Å². The quantitative estimate of drug-likeness (QED) is 0.838. The van der Waals surface area contributed by atoms with E-state index in [1.807, 2.05) is 22.9 Å². The molecule has 0 aliphatic heterocycles. The molecule has 2 rings (SSSR count). The molecule has 3 heteroatoms. The van der Waals surface area contributed by atoms with Gasteiger partial charge in [0.05, 0.1) is 0 Å². The van der Waals surface area contributed by atoms with Gasteiger partial charge in [0.25, 0.3) is 0 Å². The van der Waals surface area contributed by atoms with Crippen molar-refractivity contribution in [2.24, 2.45) is 0 Å². The van der Waals surface area contributed by atoms with Gasteiger partial charge in [-0.15, -0.1) is 0 Å². The second kappa shape index (κ2) is 5.64. The highest BCUT2D eigenvalue weighted by atomic mass is 19.1. The van der Waals surface area contributed by atoms with Gasteiger partial charge in [-0.2, -0.15) is 0 Å². The van der Waals surface area contributed by atoms with Crippen molar-refractivity contribution in [1.29, 1.82) is 0 Å². The molecule has 0 bridgehead atoms. The van der Waals surface area contributed by atoms with Crippen molar-refractivity contribution in [1.82, 2.24) is 9.88 Å². The summed E-state index contributed by atoms with van der Waals surface area (Å²) in [5.41, 5.74) is 1.95. The SMILES string of the molecule is CCNCc1ccn(Cc2ccccc2F)c1. The molecule has 0 radical (unpaired) electrons. The van der Waals surface area contributed by atoms with E-state index in [0.29, 0.717) is 6.54 Å². The van der Waals surface area contributed by atoms with Gasteiger partial charge in [-0.1, -0.05) is 25.1 Å². The van der Waals surface area contributed by atoms with Gasteiger partial charge in [0.1, 0.15) is 5.82 Å². The van der Waals surface area contributed by atoms with Crippen LogP contribution in [0.2, 0.25) is 0 Å². The van der Waals surface area contributed by atoms with Crippen LogP contribution in [-0.2, 0) is 13.1 Å². The summed E-state index contributed by atoms with van der Waals surface area (Å²) in [6, 6.07) is 8.95. The zero-order chi connectivity index (χ0) is 12.1. The Balaban J connectivity index is 2.04. The summed E-state index contributed by atoms with van der Waals surface area (Å²) < 4.78 is 15.5. The highest BCUT2D eigenvalue weighted by molar-refractivity contribution is 5.19. The van der Waals surface area contributed by atoms with Crippen LogP contribution in [0.25, 0.3) is 0 Å². The van der Waals surface area contributed by atoms with Crippen LogP contribution in [0.3, 0.4) is 0 Å². The normalized spacial score (nSPS) is 10.7. The summed E-state index contributed by atoms with van der Waals surface area (Å²) >= 11 is 0. The molecular formula is C14H17FN2. The van der Waals surface area contributed by atoms with Gasteiger partial charge in [-0.3, -0.25) is 0 Å². The second-order valence-corrected chi connectivity index (χ2v) is 4.06. The first-order valence-electron chi connectivity index (χ1n) is 5.88. The fourth-order valence-electron chi connectivity index (χ4n) is 1.79. The number of nitrogens with one attached hydrogen (secondary N) is 1. The maximum atomic E-state index is 13.5. The van der Waals surface area contributed by atoms with E-state index in [9.17, 15) is 4.39 Å². The van der Waals surface area contributed by atoms with Crippen molar-refractivity contribution < 1.29 is 4.39 Å². The third-order valence-electron chi connectivity index (χ3n) is 2.70. The standard InChI is InChI=1S/C14H17FN2/c1-2-16-9-12-7-8-17(10-12)11-13-5-3-4-6-14(13)15/h3-8,10,16H,2,9,11H2,1H3. The molecule has 0 aliphatic rings. The molecule has 0 unspecified atom stereocenters. The van der Waals surface area contributed by atoms with Crippen LogP contribution in [0.5, 0.6) is 0 Å². The zero-order valence-electron chi connectivity index (χ0n) is 9.99. The molecule has 0 saturated carbocycles. The Kier molecular flexibility index (Phi) is 3.94. The fourth-order valence-corrected chi connectivity index (χ4v) is 1.79. The number of hydrogen-bond donors (Lipinski definition) is 1. The van der Waals surface area contributed by atoms with E-state index in [1.165, 1.54) is 11.6 Å². The van der Waals surface area contributed by atoms with E-state index in [1.54, 1.807) is 6.07 Å². The van der Waals surface area contributed by atoms with Crippen LogP contribution in [-0.4, -0.2) is 11.1 Å². The van der Waals surface area contributed by atoms with Crippen LogP contribution in [0.1, 0.15) is 18.1 Å². The van der Waals surface area contributed by atoms with Crippen LogP contribution in [0.15, 0.2) is 42.7 Å². The third kappa shape index (κ3) is 3.17. The molecule has 1 aromatic carbocycles. The van der Waals surface area contributed by atoms with E-state index < -0.39 is 0 Å². The lowest BCUT2D eigenvalue weighted by Crippen LogP contribution is -2.11. The van der Waals surface area contributed by atoms with Crippen molar-refractivity contribution in [3.8, 4) is 0 Å². The molecule has 90 valence electrons. The first kappa shape index (κ1) is 11.9. The summed E-state index contributed by atoms with van der Waals surface area (Å²) in [7, 11) is 0. The molecule has 1 aromatic heterocycles. The molecule has 2 aromatic rings. The molecule has 0 fully saturated rings. The lowest BCUT2D eigenvalue weighted by molar-refractivity contribution is 0.599. The number of hydrogen-bond acceptors (Lipinski definition) is 1. The molecule has 0 spiro atoms. The van der Waals surface area contributed by atoms with Crippen molar-refractivity contribution in [3.05, 3.63) is 59.7 Å². The van der Waals surface area contributed by atoms with E-state index in [-0.39, 0.29) is 5.82 Å². The molecule has 0 atom stereocenters. The summed E-state index contributed by atoms with van der Waals surface area (Å²) in [5, 5.41) is 3.27. The number of benzene rings is 1. The molecule has 1 N–H and O–H groups in total. The molecule has 17 heavy (non-hydrogen) atoms. The van der Waals surface area contributed by atoms with Crippen molar-refractivity contribution >= 4 is 0 Å². The predicted octanol–water partition coefficient (Wildman–Crippen LogP) is 2.79. The van der Waals surface area contributed by atoms with Gasteiger partial charge in [0.15, 0.2) is 0 Å². The van der Waals surface area contributed by atoms with Crippen molar-refractivity contribution in [2.45, 2.75) is 20.0 Å². The number of rotatable bonds is 5. The fraction of sp³-hybridized carbons (Fsp3) is 0.286. The first-order chi connectivity index (χ1) is 8.29. The minimum Gasteiger partial charge on any atom is -0.349 e. The van der Waals surface area contributed by atoms with Crippen LogP contribution < -0.4 is 5.32 Å². The Morgan fingerprint density at radius 1 is 1.24 bits per heavy atom. The Bertz CT molecular complexity index is 477. The molecule has 0 amide bonds. The predicted molar refractivity (Wildman–Crippen MR) is 67.3 cm³/mol. The smallest absolute Gasteiger partial charge is 0.128 e. The van der Waals surface area contributed by atoms with Gasteiger partial charge in [0.2, 0.25) is 0 Å². The van der Waals surface area contributed by atoms with Crippen molar-refractivity contribution in [3.63, 3.8) is 0 Å². The van der Waals surface area contributed by atoms with Crippen LogP contribution >= 0.6 is 0 Å². The van der Waals surface area contributed by atoms with E-state index in [0.717, 1.165) is 18.7 Å². The molecule has 0 aliphatic carbocycles. The molecular weight excluding hydrogens is 215 g/mol. The summed E-state index contributed by atoms with van der Waals surface area (Å²) in [4.78, 5) is 0. The Hall–Kier alpha value is -1.61. The molecule has 2 nitrogen and oxygen atoms in total. The monoisotopic (exact) mass is 232 g/mol. The van der Waals surface area contributed by atoms with E-state index >= 15 is 0 Å². The summed E-state index contributed by atoms with van der Waals surface area (Å²) in [6.07, 6.45) is 4.04. The largest absolute Gasteiger partial charge is 0.349 e. The minimum atomic E-state index is -0.144. The highest BCUT2D eigenvalue weighted by Gasteiger charge is 2.02. The van der Waals surface area contributed by atoms with Crippen LogP contribution in [0.4, 0.5) is 4.39 Å². The maximum Gasteiger partial charge on any atom is 0.128 e. The molecule has 0 saturated heterocycles. The van der Waals surface area contributed by atoms with Crippen molar-refractivity contribution in [2.75, 3.05) is 6.54 Å². The van der Waals surface area contributed by atoms with Crippen LogP contribution in [0, 0.1) is 5.82 Å². The van der Waals surface area contributed by atoms with E-state index in [2.05, 4.69) is 24.5 Å². The Labute approximate surface area is 101 Å². The lowest BCUT2D eigenvalue weighted by atomic mass is 10.2. The van der Waals surface area contributed by atoms with Gasteiger partial charge in [-0.05, 0) is 24.2 Å². The highest BCUT2D eigenvalue weighted by Crippen LogP contribution is 2.10. The van der Waals surface area contributed by atoms with Gasteiger partial charge in [0, 0.05) is 31.0 Å². The summed E-state index contributed by atoms with van der Waals surface area (Å²) in [6.45, 7) is 4.48. The first-order valence-corrected chi connectivity index (χ1v) is 5.88. The van der Waals surface area contributed by atoms with Gasteiger partial charge >= 0.3 is 0 Å². The third-order valence-corrected chi connectivity index (χ3v) is 2.70. The minimum absolute atomic E-state index is 0.144. The Morgan fingerprint density at radius 3 is 2.82 bits per heavy atom. The number of aromatic nitrogens is 1. The summed E-state index contributed by atoms with van der Waals surface area (Å²) in [5.74, 6) is -0.144. The van der Waals surface area contributed by atoms with E-state index in [4.69, 9.17) is 0 Å². The Morgan fingerprint density at radius 2 is 2.06 bits per heavy atom. The maximum absolute atomic E-state index is 13.5. The number of nitrogens with zero attached hydrogens (tertiary/aromatic N) is 1. The average molecular weight is 232 g/mol. The lowest BCUT2D eigenvalue weighted by Gasteiger charge is -2.04. The number of halogens is 1. The van der Waals surface area contributed by atoms with Gasteiger partial charge in [-0.25, -0.2) is 4.39 Å². The topological polar surface area (TPSA) is 17.0 Å².